The number of halogens is 1. The minimum atomic E-state index is -0.131. The van der Waals surface area contributed by atoms with Gasteiger partial charge in [0, 0.05) is 23.7 Å². The Hall–Kier alpha value is -2.60. The fourth-order valence-corrected chi connectivity index (χ4v) is 4.13. The summed E-state index contributed by atoms with van der Waals surface area (Å²) in [5.74, 6) is 1.41. The summed E-state index contributed by atoms with van der Waals surface area (Å²) in [6.45, 7) is 4.86. The highest BCUT2D eigenvalue weighted by atomic mass is 35.5. The zero-order chi connectivity index (χ0) is 20.4. The summed E-state index contributed by atoms with van der Waals surface area (Å²) >= 11 is 6.26. The lowest BCUT2D eigenvalue weighted by molar-refractivity contribution is -0.136. The molecule has 29 heavy (non-hydrogen) atoms. The fourth-order valence-electron chi connectivity index (χ4n) is 3.93. The number of aryl methyl sites for hydroxylation is 2. The number of hydrogen-bond acceptors (Lipinski definition) is 4. The summed E-state index contributed by atoms with van der Waals surface area (Å²) in [5.41, 5.74) is 2.91. The molecule has 3 heterocycles. The first-order valence-corrected chi connectivity index (χ1v) is 10.4. The van der Waals surface area contributed by atoms with E-state index in [1.54, 1.807) is 10.9 Å². The molecular formula is C22H25ClN4O2. The molecule has 1 aromatic carbocycles. The predicted octanol–water partition coefficient (Wildman–Crippen LogP) is 4.49. The number of benzene rings is 1. The van der Waals surface area contributed by atoms with Crippen LogP contribution in [0.4, 0.5) is 0 Å². The molecule has 2 aromatic heterocycles. The number of aromatic nitrogens is 3. The van der Waals surface area contributed by atoms with Crippen molar-refractivity contribution in [3.63, 3.8) is 0 Å². The second-order valence-corrected chi connectivity index (χ2v) is 8.02. The van der Waals surface area contributed by atoms with Crippen LogP contribution in [0.1, 0.15) is 53.9 Å². The first-order chi connectivity index (χ1) is 14.0. The minimum Gasteiger partial charge on any atom is -0.443 e. The lowest BCUT2D eigenvalue weighted by atomic mass is 10.0. The van der Waals surface area contributed by atoms with Gasteiger partial charge in [-0.1, -0.05) is 29.8 Å². The van der Waals surface area contributed by atoms with Crippen molar-refractivity contribution in [2.45, 2.75) is 52.1 Å². The zero-order valence-corrected chi connectivity index (χ0v) is 17.5. The van der Waals surface area contributed by atoms with E-state index in [2.05, 4.69) is 10.1 Å². The molecule has 0 aliphatic carbocycles. The third kappa shape index (κ3) is 4.37. The molecule has 4 rings (SSSR count). The molecular weight excluding hydrogens is 388 g/mol. The molecule has 1 fully saturated rings. The standard InChI is InChI=1S/C22H25ClN4O2/c1-15-11-16(2)27(25-15)14-21(28)26-10-6-5-9-20(26)22-24-13-18(29-22)12-17-7-3-4-8-19(17)23/h3-4,7-8,11,13,20H,5-6,9-10,12,14H2,1-2H3. The number of piperidine rings is 1. The Labute approximate surface area is 175 Å². The first-order valence-electron chi connectivity index (χ1n) is 10.00. The van der Waals surface area contributed by atoms with Crippen LogP contribution in [0, 0.1) is 13.8 Å². The highest BCUT2D eigenvalue weighted by molar-refractivity contribution is 6.31. The van der Waals surface area contributed by atoms with Gasteiger partial charge in [0.25, 0.3) is 0 Å². The number of oxazole rings is 1. The van der Waals surface area contributed by atoms with Crippen LogP contribution in [0.15, 0.2) is 40.9 Å². The number of carbonyl (C=O) groups is 1. The van der Waals surface area contributed by atoms with E-state index in [4.69, 9.17) is 16.0 Å². The van der Waals surface area contributed by atoms with E-state index in [1.165, 1.54) is 0 Å². The molecule has 7 heteroatoms. The van der Waals surface area contributed by atoms with Crippen LogP contribution in [0.2, 0.25) is 5.02 Å². The van der Waals surface area contributed by atoms with Crippen molar-refractivity contribution < 1.29 is 9.21 Å². The van der Waals surface area contributed by atoms with Crippen molar-refractivity contribution in [3.8, 4) is 0 Å². The molecule has 1 atom stereocenters. The number of likely N-dealkylation sites (tertiary alicyclic amines) is 1. The Kier molecular flexibility index (Phi) is 5.72. The molecule has 0 N–H and O–H groups in total. The summed E-state index contributed by atoms with van der Waals surface area (Å²) in [6, 6.07) is 9.57. The van der Waals surface area contributed by atoms with Crippen molar-refractivity contribution in [2.24, 2.45) is 0 Å². The molecule has 1 aliphatic rings. The van der Waals surface area contributed by atoms with Gasteiger partial charge in [-0.25, -0.2) is 4.98 Å². The van der Waals surface area contributed by atoms with E-state index in [1.807, 2.05) is 49.1 Å². The monoisotopic (exact) mass is 412 g/mol. The van der Waals surface area contributed by atoms with Gasteiger partial charge in [0.05, 0.1) is 11.9 Å². The van der Waals surface area contributed by atoms with E-state index >= 15 is 0 Å². The second-order valence-electron chi connectivity index (χ2n) is 7.62. The van der Waals surface area contributed by atoms with Gasteiger partial charge in [0.15, 0.2) is 0 Å². The predicted molar refractivity (Wildman–Crippen MR) is 111 cm³/mol. The molecule has 0 radical (unpaired) electrons. The molecule has 152 valence electrons. The van der Waals surface area contributed by atoms with Crippen LogP contribution in [0.25, 0.3) is 0 Å². The maximum absolute atomic E-state index is 13.0. The molecule has 1 saturated heterocycles. The quantitative estimate of drug-likeness (QED) is 0.619. The molecule has 6 nitrogen and oxygen atoms in total. The molecule has 0 saturated carbocycles. The van der Waals surface area contributed by atoms with Crippen LogP contribution in [0.5, 0.6) is 0 Å². The van der Waals surface area contributed by atoms with Gasteiger partial charge < -0.3 is 9.32 Å². The van der Waals surface area contributed by atoms with E-state index < -0.39 is 0 Å². The topological polar surface area (TPSA) is 64.2 Å². The van der Waals surface area contributed by atoms with Crippen LogP contribution in [-0.2, 0) is 17.8 Å². The summed E-state index contributed by atoms with van der Waals surface area (Å²) in [5, 5.41) is 5.13. The average molecular weight is 413 g/mol. The Morgan fingerprint density at radius 1 is 1.28 bits per heavy atom. The third-order valence-corrected chi connectivity index (χ3v) is 5.76. The maximum Gasteiger partial charge on any atom is 0.244 e. The average Bonchev–Trinajstić information content (AvgIpc) is 3.29. The summed E-state index contributed by atoms with van der Waals surface area (Å²) in [6.07, 6.45) is 5.23. The van der Waals surface area contributed by atoms with Gasteiger partial charge in [-0.05, 0) is 50.8 Å². The Bertz CT molecular complexity index is 1010. The largest absolute Gasteiger partial charge is 0.443 e. The molecule has 0 spiro atoms. The third-order valence-electron chi connectivity index (χ3n) is 5.39. The van der Waals surface area contributed by atoms with Crippen LogP contribution < -0.4 is 0 Å². The Morgan fingerprint density at radius 3 is 2.86 bits per heavy atom. The van der Waals surface area contributed by atoms with Crippen LogP contribution >= 0.6 is 11.6 Å². The zero-order valence-electron chi connectivity index (χ0n) is 16.8. The number of carbonyl (C=O) groups excluding carboxylic acids is 1. The fraction of sp³-hybridized carbons (Fsp3) is 0.409. The van der Waals surface area contributed by atoms with Crippen molar-refractivity contribution in [2.75, 3.05) is 6.54 Å². The first kappa shape index (κ1) is 19.7. The van der Waals surface area contributed by atoms with E-state index in [-0.39, 0.29) is 18.5 Å². The van der Waals surface area contributed by atoms with Gasteiger partial charge >= 0.3 is 0 Å². The summed E-state index contributed by atoms with van der Waals surface area (Å²) in [7, 11) is 0. The molecule has 3 aromatic rings. The van der Waals surface area contributed by atoms with E-state index in [0.29, 0.717) is 23.9 Å². The summed E-state index contributed by atoms with van der Waals surface area (Å²) < 4.78 is 7.82. The highest BCUT2D eigenvalue weighted by Gasteiger charge is 2.31. The summed E-state index contributed by atoms with van der Waals surface area (Å²) in [4.78, 5) is 19.4. The van der Waals surface area contributed by atoms with Crippen molar-refractivity contribution in [1.29, 1.82) is 0 Å². The molecule has 1 aliphatic heterocycles. The minimum absolute atomic E-state index is 0.0479. The lowest BCUT2D eigenvalue weighted by Gasteiger charge is -2.33. The number of nitrogens with zero attached hydrogens (tertiary/aromatic N) is 4. The maximum atomic E-state index is 13.0. The van der Waals surface area contributed by atoms with Crippen molar-refractivity contribution in [1.82, 2.24) is 19.7 Å². The SMILES string of the molecule is Cc1cc(C)n(CC(=O)N2CCCCC2c2ncc(Cc3ccccc3Cl)o2)n1. The van der Waals surface area contributed by atoms with Crippen molar-refractivity contribution in [3.05, 3.63) is 70.2 Å². The second kappa shape index (κ2) is 8.41. The smallest absolute Gasteiger partial charge is 0.244 e. The van der Waals surface area contributed by atoms with Gasteiger partial charge in [-0.15, -0.1) is 0 Å². The molecule has 0 bridgehead atoms. The lowest BCUT2D eigenvalue weighted by Crippen LogP contribution is -2.40. The Balaban J connectivity index is 1.50. The number of hydrogen-bond donors (Lipinski definition) is 0. The van der Waals surface area contributed by atoms with Gasteiger partial charge in [0.1, 0.15) is 18.3 Å². The molecule has 1 unspecified atom stereocenters. The molecule has 1 amide bonds. The van der Waals surface area contributed by atoms with Crippen molar-refractivity contribution >= 4 is 17.5 Å². The van der Waals surface area contributed by atoms with Crippen LogP contribution in [-0.4, -0.2) is 32.1 Å². The number of amides is 1. The van der Waals surface area contributed by atoms with Crippen LogP contribution in [0.3, 0.4) is 0 Å². The van der Waals surface area contributed by atoms with Gasteiger partial charge in [-0.3, -0.25) is 9.48 Å². The van der Waals surface area contributed by atoms with E-state index in [0.717, 1.165) is 42.0 Å². The van der Waals surface area contributed by atoms with Gasteiger partial charge in [0.2, 0.25) is 11.8 Å². The van der Waals surface area contributed by atoms with E-state index in [9.17, 15) is 4.79 Å². The Morgan fingerprint density at radius 2 is 2.10 bits per heavy atom. The normalized spacial score (nSPS) is 16.9. The highest BCUT2D eigenvalue weighted by Crippen LogP contribution is 2.31. The number of rotatable bonds is 5. The van der Waals surface area contributed by atoms with Gasteiger partial charge in [-0.2, -0.15) is 5.10 Å².